The second kappa shape index (κ2) is 6.23. The summed E-state index contributed by atoms with van der Waals surface area (Å²) in [5.74, 6) is 0.887. The van der Waals surface area contributed by atoms with Crippen LogP contribution in [0.15, 0.2) is 5.16 Å². The molecule has 2 amide bonds. The molecule has 3 rings (SSSR count). The molecule has 8 heteroatoms. The minimum Gasteiger partial charge on any atom is -0.378 e. The maximum atomic E-state index is 12.7. The van der Waals surface area contributed by atoms with Gasteiger partial charge in [-0.05, 0) is 19.1 Å². The molecule has 3 heterocycles. The maximum absolute atomic E-state index is 12.7. The van der Waals surface area contributed by atoms with Gasteiger partial charge in [0.1, 0.15) is 0 Å². The number of urea groups is 1. The molecule has 0 aliphatic carbocycles. The van der Waals surface area contributed by atoms with E-state index in [1.54, 1.807) is 11.8 Å². The van der Waals surface area contributed by atoms with Crippen LogP contribution in [0.1, 0.15) is 24.7 Å². The van der Waals surface area contributed by atoms with E-state index < -0.39 is 0 Å². The van der Waals surface area contributed by atoms with Crippen molar-refractivity contribution in [1.29, 1.82) is 0 Å². The summed E-state index contributed by atoms with van der Waals surface area (Å²) in [7, 11) is 1.97. The SMILES string of the molecule is CSc1nnc(C2CCCN2C(=O)N2CCOCC2)n1C. The van der Waals surface area contributed by atoms with Crippen LogP contribution < -0.4 is 0 Å². The zero-order valence-electron chi connectivity index (χ0n) is 12.5. The molecule has 2 saturated heterocycles. The molecule has 1 atom stereocenters. The topological polar surface area (TPSA) is 63.5 Å². The molecule has 0 bridgehead atoms. The van der Waals surface area contributed by atoms with E-state index >= 15 is 0 Å². The van der Waals surface area contributed by atoms with Crippen LogP contribution in [0.2, 0.25) is 0 Å². The number of nitrogens with zero attached hydrogens (tertiary/aromatic N) is 5. The number of likely N-dealkylation sites (tertiary alicyclic amines) is 1. The van der Waals surface area contributed by atoms with Crippen molar-refractivity contribution in [2.45, 2.75) is 24.0 Å². The summed E-state index contributed by atoms with van der Waals surface area (Å²) in [6.45, 7) is 3.41. The van der Waals surface area contributed by atoms with Gasteiger partial charge in [-0.2, -0.15) is 0 Å². The van der Waals surface area contributed by atoms with Crippen molar-refractivity contribution in [3.63, 3.8) is 0 Å². The molecule has 7 nitrogen and oxygen atoms in total. The zero-order valence-corrected chi connectivity index (χ0v) is 13.3. The standard InChI is InChI=1S/C13H21N5O2S/c1-16-11(14-15-12(16)21-2)10-4-3-5-18(10)13(19)17-6-8-20-9-7-17/h10H,3-9H2,1-2H3. The van der Waals surface area contributed by atoms with Crippen LogP contribution in [0.4, 0.5) is 4.79 Å². The second-order valence-electron chi connectivity index (χ2n) is 5.34. The first-order chi connectivity index (χ1) is 10.2. The fourth-order valence-corrected chi connectivity index (χ4v) is 3.48. The van der Waals surface area contributed by atoms with Gasteiger partial charge in [-0.3, -0.25) is 0 Å². The van der Waals surface area contributed by atoms with Gasteiger partial charge in [0.2, 0.25) is 0 Å². The Labute approximate surface area is 128 Å². The molecule has 0 saturated carbocycles. The Morgan fingerprint density at radius 1 is 1.29 bits per heavy atom. The lowest BCUT2D eigenvalue weighted by Crippen LogP contribution is -2.48. The highest BCUT2D eigenvalue weighted by Gasteiger charge is 2.36. The summed E-state index contributed by atoms with van der Waals surface area (Å²) in [5, 5.41) is 9.38. The van der Waals surface area contributed by atoms with Gasteiger partial charge in [0.05, 0.1) is 19.3 Å². The Balaban J connectivity index is 1.78. The number of hydrogen-bond donors (Lipinski definition) is 0. The molecule has 2 aliphatic rings. The van der Waals surface area contributed by atoms with Gasteiger partial charge in [0, 0.05) is 26.7 Å². The molecule has 0 spiro atoms. The Hall–Kier alpha value is -1.28. The van der Waals surface area contributed by atoms with Crippen molar-refractivity contribution in [3.05, 3.63) is 5.82 Å². The highest BCUT2D eigenvalue weighted by Crippen LogP contribution is 2.32. The second-order valence-corrected chi connectivity index (χ2v) is 6.11. The number of rotatable bonds is 2. The first-order valence-corrected chi connectivity index (χ1v) is 8.51. The first kappa shape index (κ1) is 14.6. The minimum atomic E-state index is 0.0405. The molecule has 0 radical (unpaired) electrons. The predicted octanol–water partition coefficient (Wildman–Crippen LogP) is 1.13. The van der Waals surface area contributed by atoms with Crippen molar-refractivity contribution < 1.29 is 9.53 Å². The number of hydrogen-bond acceptors (Lipinski definition) is 5. The van der Waals surface area contributed by atoms with Gasteiger partial charge < -0.3 is 19.1 Å². The molecule has 21 heavy (non-hydrogen) atoms. The summed E-state index contributed by atoms with van der Waals surface area (Å²) >= 11 is 1.57. The molecule has 1 aromatic heterocycles. The lowest BCUT2D eigenvalue weighted by Gasteiger charge is -2.33. The third kappa shape index (κ3) is 2.74. The van der Waals surface area contributed by atoms with Crippen LogP contribution in [-0.2, 0) is 11.8 Å². The van der Waals surface area contributed by atoms with Crippen molar-refractivity contribution >= 4 is 17.8 Å². The highest BCUT2D eigenvalue weighted by molar-refractivity contribution is 7.98. The average molecular weight is 311 g/mol. The third-order valence-electron chi connectivity index (χ3n) is 4.13. The van der Waals surface area contributed by atoms with Crippen molar-refractivity contribution in [1.82, 2.24) is 24.6 Å². The molecular formula is C13H21N5O2S. The molecule has 2 aliphatic heterocycles. The lowest BCUT2D eigenvalue weighted by molar-refractivity contribution is 0.0417. The fourth-order valence-electron chi connectivity index (χ4n) is 2.99. The van der Waals surface area contributed by atoms with Crippen LogP contribution in [-0.4, -0.2) is 69.7 Å². The van der Waals surface area contributed by atoms with Gasteiger partial charge >= 0.3 is 6.03 Å². The quantitative estimate of drug-likeness (QED) is 0.766. The van der Waals surface area contributed by atoms with Crippen molar-refractivity contribution in [2.24, 2.45) is 7.05 Å². The lowest BCUT2D eigenvalue weighted by atomic mass is 10.2. The summed E-state index contributed by atoms with van der Waals surface area (Å²) < 4.78 is 7.32. The fraction of sp³-hybridized carbons (Fsp3) is 0.769. The van der Waals surface area contributed by atoms with E-state index in [4.69, 9.17) is 4.74 Å². The van der Waals surface area contributed by atoms with E-state index in [1.165, 1.54) is 0 Å². The van der Waals surface area contributed by atoms with E-state index in [0.29, 0.717) is 26.3 Å². The summed E-state index contributed by atoms with van der Waals surface area (Å²) in [5.41, 5.74) is 0. The van der Waals surface area contributed by atoms with E-state index in [2.05, 4.69) is 10.2 Å². The van der Waals surface area contributed by atoms with Gasteiger partial charge in [0.15, 0.2) is 11.0 Å². The summed E-state index contributed by atoms with van der Waals surface area (Å²) in [4.78, 5) is 16.5. The van der Waals surface area contributed by atoms with E-state index in [-0.39, 0.29) is 12.1 Å². The number of amides is 2. The van der Waals surface area contributed by atoms with E-state index in [0.717, 1.165) is 30.4 Å². The minimum absolute atomic E-state index is 0.0405. The smallest absolute Gasteiger partial charge is 0.320 e. The molecular weight excluding hydrogens is 290 g/mol. The van der Waals surface area contributed by atoms with Gasteiger partial charge in [-0.25, -0.2) is 4.79 Å². The summed E-state index contributed by atoms with van der Waals surface area (Å²) in [6, 6.07) is 0.147. The van der Waals surface area contributed by atoms with Crippen LogP contribution in [0.25, 0.3) is 0 Å². The number of aromatic nitrogens is 3. The Morgan fingerprint density at radius 3 is 2.71 bits per heavy atom. The molecule has 1 unspecified atom stereocenters. The molecule has 2 fully saturated rings. The van der Waals surface area contributed by atoms with Crippen molar-refractivity contribution in [2.75, 3.05) is 39.1 Å². The zero-order chi connectivity index (χ0) is 14.8. The molecule has 1 aromatic rings. The van der Waals surface area contributed by atoms with Crippen LogP contribution >= 0.6 is 11.8 Å². The van der Waals surface area contributed by atoms with Gasteiger partial charge in [-0.1, -0.05) is 11.8 Å². The monoisotopic (exact) mass is 311 g/mol. The Morgan fingerprint density at radius 2 is 2.05 bits per heavy atom. The first-order valence-electron chi connectivity index (χ1n) is 7.29. The maximum Gasteiger partial charge on any atom is 0.320 e. The number of carbonyl (C=O) groups excluding carboxylic acids is 1. The van der Waals surface area contributed by atoms with E-state index in [9.17, 15) is 4.79 Å². The van der Waals surface area contributed by atoms with Crippen LogP contribution in [0.3, 0.4) is 0 Å². The molecule has 0 N–H and O–H groups in total. The normalized spacial score (nSPS) is 22.9. The number of thioether (sulfide) groups is 1. The van der Waals surface area contributed by atoms with E-state index in [1.807, 2.05) is 27.7 Å². The summed E-state index contributed by atoms with van der Waals surface area (Å²) in [6.07, 6.45) is 3.96. The third-order valence-corrected chi connectivity index (χ3v) is 4.85. The molecule has 116 valence electrons. The van der Waals surface area contributed by atoms with Gasteiger partial charge in [-0.15, -0.1) is 10.2 Å². The Kier molecular flexibility index (Phi) is 4.34. The average Bonchev–Trinajstić information content (AvgIpc) is 3.13. The highest BCUT2D eigenvalue weighted by atomic mass is 32.2. The van der Waals surface area contributed by atoms with Crippen molar-refractivity contribution in [3.8, 4) is 0 Å². The van der Waals surface area contributed by atoms with Crippen LogP contribution in [0.5, 0.6) is 0 Å². The number of carbonyl (C=O) groups is 1. The molecule has 0 aromatic carbocycles. The Bertz CT molecular complexity index is 515. The number of ether oxygens (including phenoxy) is 1. The largest absolute Gasteiger partial charge is 0.378 e. The number of morpholine rings is 1. The van der Waals surface area contributed by atoms with Crippen LogP contribution in [0, 0.1) is 0 Å². The van der Waals surface area contributed by atoms with Gasteiger partial charge in [0.25, 0.3) is 0 Å². The predicted molar refractivity (Wildman–Crippen MR) is 79.3 cm³/mol.